The molecule has 1 aliphatic rings. The Kier molecular flexibility index (Phi) is 1.48. The summed E-state index contributed by atoms with van der Waals surface area (Å²) in [6, 6.07) is 0. The highest BCUT2D eigenvalue weighted by atomic mass is 14.8. The van der Waals surface area contributed by atoms with E-state index in [0.717, 1.165) is 17.0 Å². The molecule has 11 heavy (non-hydrogen) atoms. The van der Waals surface area contributed by atoms with Gasteiger partial charge in [-0.05, 0) is 0 Å². The molecule has 1 aromatic heterocycles. The zero-order chi connectivity index (χ0) is 7.52. The van der Waals surface area contributed by atoms with E-state index in [-0.39, 0.29) is 0 Å². The van der Waals surface area contributed by atoms with E-state index in [9.17, 15) is 0 Å². The highest BCUT2D eigenvalue weighted by Gasteiger charge is 1.87. The summed E-state index contributed by atoms with van der Waals surface area (Å²) in [5, 5.41) is 1.96. The Morgan fingerprint density at radius 2 is 2.36 bits per heavy atom. The van der Waals surface area contributed by atoms with Crippen LogP contribution in [0.15, 0.2) is 17.5 Å². The van der Waals surface area contributed by atoms with Crippen molar-refractivity contribution < 1.29 is 0 Å². The average Bonchev–Trinajstić information content (AvgIpc) is 2.28. The van der Waals surface area contributed by atoms with Crippen LogP contribution >= 0.6 is 0 Å². The summed E-state index contributed by atoms with van der Waals surface area (Å²) in [6.07, 6.45) is 9.85. The molecule has 0 aliphatic carbocycles. The molecule has 2 rings (SSSR count). The van der Waals surface area contributed by atoms with E-state index < -0.39 is 0 Å². The smallest absolute Gasteiger partial charge is 0.116 e. The molecule has 0 spiro atoms. The maximum Gasteiger partial charge on any atom is 0.116 e. The van der Waals surface area contributed by atoms with Crippen molar-refractivity contribution in [2.24, 2.45) is 4.99 Å². The van der Waals surface area contributed by atoms with Gasteiger partial charge in [0.25, 0.3) is 0 Å². The third kappa shape index (κ3) is 1.17. The van der Waals surface area contributed by atoms with Gasteiger partial charge in [-0.3, -0.25) is 4.99 Å². The van der Waals surface area contributed by atoms with Gasteiger partial charge in [0.1, 0.15) is 6.33 Å². The van der Waals surface area contributed by atoms with Gasteiger partial charge in [-0.2, -0.15) is 0 Å². The molecule has 2 heterocycles. The van der Waals surface area contributed by atoms with Crippen LogP contribution in [-0.2, 0) is 0 Å². The zero-order valence-corrected chi connectivity index (χ0v) is 5.94. The Hall–Kier alpha value is -1.51. The minimum atomic E-state index is 0.858. The third-order valence-corrected chi connectivity index (χ3v) is 1.52. The van der Waals surface area contributed by atoms with Gasteiger partial charge in [-0.25, -0.2) is 9.97 Å². The molecule has 0 bridgehead atoms. The first-order valence-electron chi connectivity index (χ1n) is 3.45. The van der Waals surface area contributed by atoms with Crippen molar-refractivity contribution >= 4 is 18.5 Å². The Morgan fingerprint density at radius 1 is 1.36 bits per heavy atom. The molecule has 0 amide bonds. The molecule has 1 aliphatic heterocycles. The Labute approximate surface area is 63.8 Å². The van der Waals surface area contributed by atoms with E-state index in [4.69, 9.17) is 0 Å². The predicted molar refractivity (Wildman–Crippen MR) is 43.3 cm³/mol. The molecule has 0 atom stereocenters. The lowest BCUT2D eigenvalue weighted by molar-refractivity contribution is 1.10. The van der Waals surface area contributed by atoms with Crippen LogP contribution in [0.4, 0.5) is 0 Å². The van der Waals surface area contributed by atoms with E-state index in [1.165, 1.54) is 6.33 Å². The number of aliphatic imine (C=N–C) groups is 1. The van der Waals surface area contributed by atoms with Crippen molar-refractivity contribution in [1.82, 2.24) is 9.97 Å². The molecule has 0 N–H and O–H groups in total. The van der Waals surface area contributed by atoms with E-state index in [1.807, 2.05) is 6.21 Å². The minimum Gasteiger partial charge on any atom is -0.266 e. The van der Waals surface area contributed by atoms with Crippen molar-refractivity contribution in [3.05, 3.63) is 23.1 Å². The van der Waals surface area contributed by atoms with E-state index in [1.54, 1.807) is 12.4 Å². The number of fused-ring (bicyclic) bond motifs is 1. The zero-order valence-electron chi connectivity index (χ0n) is 5.94. The fraction of sp³-hybridized carbons (Fsp3) is 0.125. The predicted octanol–water partition coefficient (Wildman–Crippen LogP) is -0.530. The summed E-state index contributed by atoms with van der Waals surface area (Å²) in [6.45, 7) is 0. The van der Waals surface area contributed by atoms with Gasteiger partial charge < -0.3 is 0 Å². The second kappa shape index (κ2) is 2.62. The van der Waals surface area contributed by atoms with Gasteiger partial charge in [-0.1, -0.05) is 6.08 Å². The Morgan fingerprint density at radius 3 is 3.36 bits per heavy atom. The second-order valence-corrected chi connectivity index (χ2v) is 2.26. The fourth-order valence-electron chi connectivity index (χ4n) is 0.979. The number of rotatable bonds is 0. The van der Waals surface area contributed by atoms with Gasteiger partial charge in [0, 0.05) is 24.1 Å². The first kappa shape index (κ1) is 6.22. The Balaban J connectivity index is 2.81. The van der Waals surface area contributed by atoms with Crippen LogP contribution in [-0.4, -0.2) is 16.2 Å². The van der Waals surface area contributed by atoms with Gasteiger partial charge >= 0.3 is 0 Å². The number of nitrogens with zero attached hydrogens (tertiary/aromatic N) is 3. The van der Waals surface area contributed by atoms with Crippen LogP contribution in [0.1, 0.15) is 6.42 Å². The first-order chi connectivity index (χ1) is 5.47. The second-order valence-electron chi connectivity index (χ2n) is 2.26. The largest absolute Gasteiger partial charge is 0.266 e. The number of aromatic nitrogens is 2. The summed E-state index contributed by atoms with van der Waals surface area (Å²) >= 11 is 0. The van der Waals surface area contributed by atoms with Crippen molar-refractivity contribution in [3.63, 3.8) is 0 Å². The van der Waals surface area contributed by atoms with Crippen LogP contribution in [0.25, 0.3) is 12.3 Å². The molecule has 0 saturated heterocycles. The molecular formula is C8H7N3. The highest BCUT2D eigenvalue weighted by Crippen LogP contribution is 1.79. The van der Waals surface area contributed by atoms with Crippen LogP contribution in [0.3, 0.4) is 0 Å². The summed E-state index contributed by atoms with van der Waals surface area (Å²) < 4.78 is 0. The standard InChI is InChI=1S/C8H7N3/c1-2-7-4-10-6-11-8(7)5-9-3-1/h2-6H,1H2. The van der Waals surface area contributed by atoms with Gasteiger partial charge in [0.15, 0.2) is 0 Å². The topological polar surface area (TPSA) is 38.1 Å². The maximum absolute atomic E-state index is 4.07. The summed E-state index contributed by atoms with van der Waals surface area (Å²) in [5.41, 5.74) is 0. The third-order valence-electron chi connectivity index (χ3n) is 1.52. The summed E-state index contributed by atoms with van der Waals surface area (Å²) in [4.78, 5) is 12.0. The molecule has 0 aromatic carbocycles. The van der Waals surface area contributed by atoms with Crippen LogP contribution < -0.4 is 10.6 Å². The van der Waals surface area contributed by atoms with Crippen LogP contribution in [0, 0.1) is 0 Å². The van der Waals surface area contributed by atoms with Crippen molar-refractivity contribution in [2.45, 2.75) is 6.42 Å². The average molecular weight is 145 g/mol. The van der Waals surface area contributed by atoms with Gasteiger partial charge in [0.05, 0.1) is 11.5 Å². The normalized spacial score (nSPS) is 14.2. The van der Waals surface area contributed by atoms with E-state index in [2.05, 4.69) is 21.0 Å². The molecule has 0 saturated carbocycles. The maximum atomic E-state index is 4.07. The van der Waals surface area contributed by atoms with E-state index in [0.29, 0.717) is 0 Å². The molecule has 54 valence electrons. The quantitative estimate of drug-likeness (QED) is 0.492. The van der Waals surface area contributed by atoms with Crippen LogP contribution in [0.5, 0.6) is 0 Å². The summed E-state index contributed by atoms with van der Waals surface area (Å²) in [5.74, 6) is 0. The van der Waals surface area contributed by atoms with Gasteiger partial charge in [0.2, 0.25) is 0 Å². The van der Waals surface area contributed by atoms with Crippen LogP contribution in [0.2, 0.25) is 0 Å². The van der Waals surface area contributed by atoms with Gasteiger partial charge in [-0.15, -0.1) is 0 Å². The summed E-state index contributed by atoms with van der Waals surface area (Å²) in [7, 11) is 0. The van der Waals surface area contributed by atoms with Crippen molar-refractivity contribution in [2.75, 3.05) is 0 Å². The molecule has 0 unspecified atom stereocenters. The highest BCUT2D eigenvalue weighted by molar-refractivity contribution is 5.68. The minimum absolute atomic E-state index is 0.858. The fourth-order valence-corrected chi connectivity index (χ4v) is 0.979. The number of hydrogen-bond acceptors (Lipinski definition) is 3. The lowest BCUT2D eigenvalue weighted by Gasteiger charge is -1.83. The van der Waals surface area contributed by atoms with Crippen molar-refractivity contribution in [3.8, 4) is 0 Å². The van der Waals surface area contributed by atoms with E-state index >= 15 is 0 Å². The monoisotopic (exact) mass is 145 g/mol. The molecule has 1 aromatic rings. The molecule has 3 heteroatoms. The number of hydrogen-bond donors (Lipinski definition) is 0. The molecular weight excluding hydrogens is 138 g/mol. The molecule has 0 radical (unpaired) electrons. The molecule has 3 nitrogen and oxygen atoms in total. The lowest BCUT2D eigenvalue weighted by Crippen LogP contribution is -2.27. The lowest BCUT2D eigenvalue weighted by atomic mass is 10.3. The first-order valence-corrected chi connectivity index (χ1v) is 3.45. The molecule has 0 fully saturated rings. The SMILES string of the molecule is C1=NC=c2ncncc2=CC1. The van der Waals surface area contributed by atoms with Crippen molar-refractivity contribution in [1.29, 1.82) is 0 Å². The Bertz CT molecular complexity index is 392.